The van der Waals surface area contributed by atoms with Crippen molar-refractivity contribution in [3.05, 3.63) is 0 Å². The highest BCUT2D eigenvalue weighted by molar-refractivity contribution is 5.30. The molecule has 0 aromatic heterocycles. The van der Waals surface area contributed by atoms with Crippen LogP contribution in [0.4, 0.5) is 0 Å². The molecule has 0 aliphatic heterocycles. The minimum atomic E-state index is -2.93. The molecule has 1 N–H and O–H groups in total. The topological polar surface area (TPSA) is 168 Å². The molecule has 0 spiro atoms. The van der Waals surface area contributed by atoms with Crippen LogP contribution in [0.3, 0.4) is 0 Å². The highest BCUT2D eigenvalue weighted by Gasteiger charge is 3.01. The van der Waals surface area contributed by atoms with E-state index in [9.17, 15) is 5.26 Å². The Morgan fingerprint density at radius 2 is 1.08 bits per heavy atom. The number of hydrogen-bond donors (Lipinski definition) is 1. The molecular weight excluding hydrogens is 1020 g/mol. The molecule has 4 aliphatic carbocycles. The van der Waals surface area contributed by atoms with Crippen molar-refractivity contribution in [2.75, 3.05) is 60.5 Å². The second-order valence-corrected chi connectivity index (χ2v) is 26.4. The zero-order valence-electron chi connectivity index (χ0n) is 53.5. The fourth-order valence-electron chi connectivity index (χ4n) is 11.0. The van der Waals surface area contributed by atoms with Gasteiger partial charge in [0, 0.05) is 27.2 Å². The molecule has 4 fully saturated rings. The number of ether oxygens (including phenoxy) is 15. The Morgan fingerprint density at radius 3 is 1.58 bits per heavy atom. The average Bonchev–Trinajstić information content (AvgIpc) is 1.57. The Morgan fingerprint density at radius 1 is 0.519 bits per heavy atom. The highest BCUT2D eigenvalue weighted by atomic mass is 17.2. The van der Waals surface area contributed by atoms with Crippen LogP contribution in [0.15, 0.2) is 0 Å². The molecule has 0 heterocycles. The molecular formula is C62H118O17. The first kappa shape index (κ1) is 70.8. The van der Waals surface area contributed by atoms with Crippen LogP contribution in [0.25, 0.3) is 0 Å². The third kappa shape index (κ3) is 17.7. The molecule has 0 amide bonds. The molecule has 79 heavy (non-hydrogen) atoms. The van der Waals surface area contributed by atoms with Crippen molar-refractivity contribution in [1.29, 1.82) is 0 Å². The van der Waals surface area contributed by atoms with E-state index in [0.717, 1.165) is 57.8 Å². The van der Waals surface area contributed by atoms with E-state index in [1.54, 1.807) is 7.11 Å². The predicted molar refractivity (Wildman–Crippen MR) is 304 cm³/mol. The predicted octanol–water partition coefficient (Wildman–Crippen LogP) is 14.1. The first-order valence-electron chi connectivity index (χ1n) is 31.2. The van der Waals surface area contributed by atoms with Gasteiger partial charge in [0.05, 0.1) is 68.7 Å². The smallest absolute Gasteiger partial charge is 0.324 e. The Balaban J connectivity index is 2.38. The van der Waals surface area contributed by atoms with Crippen LogP contribution < -0.4 is 0 Å². The van der Waals surface area contributed by atoms with Gasteiger partial charge in [-0.05, 0) is 178 Å². The Labute approximate surface area is 480 Å². The third-order valence-electron chi connectivity index (χ3n) is 14.6. The van der Waals surface area contributed by atoms with Crippen LogP contribution in [-0.4, -0.2) is 142 Å². The van der Waals surface area contributed by atoms with Crippen LogP contribution in [-0.2, 0) is 75.9 Å². The maximum atomic E-state index is 13.2. The lowest BCUT2D eigenvalue weighted by atomic mass is 9.66. The summed E-state index contributed by atoms with van der Waals surface area (Å²) in [6.45, 7) is 34.9. The quantitative estimate of drug-likeness (QED) is 0.0265. The summed E-state index contributed by atoms with van der Waals surface area (Å²) in [5.74, 6) is -16.5. The summed E-state index contributed by atoms with van der Waals surface area (Å²) in [6, 6.07) is 0. The second kappa shape index (κ2) is 31.1. The molecule has 0 bridgehead atoms. The maximum Gasteiger partial charge on any atom is 0.324 e. The lowest BCUT2D eigenvalue weighted by Gasteiger charge is -2.73. The molecule has 4 aliphatic rings. The molecule has 8 atom stereocenters. The van der Waals surface area contributed by atoms with E-state index in [0.29, 0.717) is 83.3 Å². The van der Waals surface area contributed by atoms with Gasteiger partial charge in [-0.3, -0.25) is 0 Å². The summed E-state index contributed by atoms with van der Waals surface area (Å²) in [5.41, 5.74) is -3.49. The van der Waals surface area contributed by atoms with Gasteiger partial charge in [0.2, 0.25) is 0 Å². The van der Waals surface area contributed by atoms with Gasteiger partial charge in [0.25, 0.3) is 34.9 Å². The summed E-state index contributed by atoms with van der Waals surface area (Å²) >= 11 is 0. The molecule has 4 saturated carbocycles. The number of methoxy groups -OCH3 is 2. The van der Waals surface area contributed by atoms with Gasteiger partial charge < -0.3 is 71.1 Å². The van der Waals surface area contributed by atoms with Gasteiger partial charge in [0.15, 0.2) is 6.29 Å². The van der Waals surface area contributed by atoms with Crippen molar-refractivity contribution in [2.24, 2.45) is 17.8 Å². The minimum Gasteiger partial charge on any atom is -0.356 e. The second-order valence-electron chi connectivity index (χ2n) is 26.4. The van der Waals surface area contributed by atoms with Gasteiger partial charge in [-0.1, -0.05) is 79.6 Å². The Kier molecular flexibility index (Phi) is 27.9. The summed E-state index contributed by atoms with van der Waals surface area (Å²) in [7, 11) is 3.06. The van der Waals surface area contributed by atoms with Crippen molar-refractivity contribution in [3.8, 4) is 0 Å². The molecule has 0 radical (unpaired) electrons. The number of unbranched alkanes of at least 4 members (excludes halogenated alkanes) is 4. The highest BCUT2D eigenvalue weighted by Crippen LogP contribution is 2.70. The third-order valence-corrected chi connectivity index (χ3v) is 14.6. The van der Waals surface area contributed by atoms with E-state index >= 15 is 0 Å². The van der Waals surface area contributed by atoms with Gasteiger partial charge in [-0.25, -0.2) is 5.26 Å². The molecule has 17 heteroatoms. The van der Waals surface area contributed by atoms with E-state index in [1.807, 2.05) is 83.1 Å². The van der Waals surface area contributed by atoms with Crippen LogP contribution in [0.1, 0.15) is 246 Å². The summed E-state index contributed by atoms with van der Waals surface area (Å²) in [4.78, 5) is 6.53. The first-order valence-corrected chi connectivity index (χ1v) is 31.2. The van der Waals surface area contributed by atoms with E-state index in [4.69, 9.17) is 75.9 Å². The molecule has 0 aromatic carbocycles. The largest absolute Gasteiger partial charge is 0.356 e. The summed E-state index contributed by atoms with van der Waals surface area (Å²) < 4.78 is 111. The molecule has 0 aromatic rings. The lowest BCUT2D eigenvalue weighted by molar-refractivity contribution is -0.700. The first-order chi connectivity index (χ1) is 37.2. The van der Waals surface area contributed by atoms with Gasteiger partial charge in [-0.15, -0.1) is 0 Å². The lowest BCUT2D eigenvalue weighted by Crippen LogP contribution is -3.01. The normalized spacial score (nSPS) is 29.5. The van der Waals surface area contributed by atoms with Crippen LogP contribution in [0, 0.1) is 17.8 Å². The molecule has 4 rings (SSSR count). The van der Waals surface area contributed by atoms with Crippen molar-refractivity contribution < 1.29 is 81.2 Å². The van der Waals surface area contributed by atoms with Crippen LogP contribution in [0.5, 0.6) is 0 Å². The van der Waals surface area contributed by atoms with Crippen molar-refractivity contribution >= 4 is 0 Å². The zero-order valence-corrected chi connectivity index (χ0v) is 53.5. The fraction of sp³-hybridized carbons (Fsp3) is 1.00. The average molecular weight is 1140 g/mol. The zero-order chi connectivity index (χ0) is 58.9. The van der Waals surface area contributed by atoms with Crippen molar-refractivity contribution in [3.63, 3.8) is 0 Å². The van der Waals surface area contributed by atoms with Crippen LogP contribution in [0.2, 0.25) is 0 Å². The summed E-state index contributed by atoms with van der Waals surface area (Å²) in [6.07, 6.45) is 12.0. The monoisotopic (exact) mass is 1130 g/mol. The fourth-order valence-corrected chi connectivity index (χ4v) is 11.0. The van der Waals surface area contributed by atoms with Gasteiger partial charge in [0.1, 0.15) is 0 Å². The Hall–Kier alpha value is -0.680. The molecule has 17 nitrogen and oxygen atoms in total. The van der Waals surface area contributed by atoms with Gasteiger partial charge in [-0.2, -0.15) is 4.89 Å². The van der Waals surface area contributed by atoms with E-state index in [1.165, 1.54) is 7.11 Å². The van der Waals surface area contributed by atoms with Crippen LogP contribution >= 0.6 is 0 Å². The Bertz CT molecular complexity index is 1690. The van der Waals surface area contributed by atoms with Crippen molar-refractivity contribution in [2.45, 2.75) is 322 Å². The maximum absolute atomic E-state index is 13.2. The molecule has 8 unspecified atom stereocenters. The van der Waals surface area contributed by atoms with E-state index in [-0.39, 0.29) is 57.4 Å². The summed E-state index contributed by atoms with van der Waals surface area (Å²) in [5, 5.41) is 13.2. The molecule has 468 valence electrons. The van der Waals surface area contributed by atoms with E-state index < -0.39 is 69.9 Å². The number of rotatable bonds is 42. The molecule has 0 saturated heterocycles. The SMILES string of the molecule is CCCCCOC1(OCCC(C)C)C(OCCC2CC2)(OC2CCCC2)C(OO)(OC(CCCCC(OCC)(OCCC)OC(C)C)OC)C(OCCCC)(OC(C)(C)C)C(OC)(OC(C)(C)C)C1(OCC1CC1)OC(C)(C)C. The number of hydrogen-bond acceptors (Lipinski definition) is 17. The van der Waals surface area contributed by atoms with Crippen molar-refractivity contribution in [1.82, 2.24) is 0 Å². The van der Waals surface area contributed by atoms with Gasteiger partial charge >= 0.3 is 5.79 Å². The van der Waals surface area contributed by atoms with E-state index in [2.05, 4.69) is 34.6 Å². The minimum absolute atomic E-state index is 0.00119. The standard InChI is InChI=1S/C62H118O17/c1-20-24-30-43-68-58(70-44-38-47(5)6)59(71-45-39-49-34-35-49,74-51-31-26-27-32-51)62(79-63,75-52(64-18)33-28-29-40-56(66-23-4,67-41-22-3)73-48(7)8)61(69-42-25-21-2,78-55(15,16)17)57(65-19,76-53(9,10)11)60(58,77-54(12,13)14)72-46-50-36-37-50/h47-52,63H,20-46H2,1-19H3.